The van der Waals surface area contributed by atoms with Crippen molar-refractivity contribution in [3.05, 3.63) is 18.3 Å². The van der Waals surface area contributed by atoms with Crippen molar-refractivity contribution >= 4 is 24.8 Å². The van der Waals surface area contributed by atoms with Crippen molar-refractivity contribution in [3.63, 3.8) is 0 Å². The summed E-state index contributed by atoms with van der Waals surface area (Å²) in [6.07, 6.45) is 4.07. The Bertz CT molecular complexity index is 334. The molecule has 0 bridgehead atoms. The highest BCUT2D eigenvalue weighted by Gasteiger charge is 2.14. The van der Waals surface area contributed by atoms with Crippen LogP contribution in [0, 0.1) is 5.92 Å². The minimum Gasteiger partial charge on any atom is -0.491 e. The largest absolute Gasteiger partial charge is 0.491 e. The zero-order chi connectivity index (χ0) is 11.2. The average Bonchev–Trinajstić information content (AvgIpc) is 2.38. The van der Waals surface area contributed by atoms with Gasteiger partial charge in [-0.1, -0.05) is 0 Å². The SMILES string of the molecule is COc1cccnc1OCC1CCNCC1.Cl.Cl. The molecule has 1 aliphatic rings. The Hall–Kier alpha value is -0.710. The Labute approximate surface area is 120 Å². The molecule has 0 saturated carbocycles. The van der Waals surface area contributed by atoms with E-state index in [1.807, 2.05) is 12.1 Å². The van der Waals surface area contributed by atoms with Crippen LogP contribution in [0.2, 0.25) is 0 Å². The van der Waals surface area contributed by atoms with Crippen molar-refractivity contribution in [2.45, 2.75) is 12.8 Å². The summed E-state index contributed by atoms with van der Waals surface area (Å²) < 4.78 is 10.9. The molecule has 1 fully saturated rings. The molecule has 0 unspecified atom stereocenters. The summed E-state index contributed by atoms with van der Waals surface area (Å²) in [4.78, 5) is 4.17. The molecule has 0 aliphatic carbocycles. The van der Waals surface area contributed by atoms with Gasteiger partial charge in [-0.3, -0.25) is 0 Å². The van der Waals surface area contributed by atoms with Gasteiger partial charge in [-0.05, 0) is 44.0 Å². The summed E-state index contributed by atoms with van der Waals surface area (Å²) in [5, 5.41) is 3.34. The number of halogens is 2. The Balaban J connectivity index is 0.00000144. The summed E-state index contributed by atoms with van der Waals surface area (Å²) >= 11 is 0. The number of rotatable bonds is 4. The van der Waals surface area contributed by atoms with Gasteiger partial charge in [0.2, 0.25) is 0 Å². The second-order valence-electron chi connectivity index (χ2n) is 4.02. The first-order valence-corrected chi connectivity index (χ1v) is 5.72. The number of hydrogen-bond acceptors (Lipinski definition) is 4. The Morgan fingerprint density at radius 2 is 2.06 bits per heavy atom. The third kappa shape index (κ3) is 4.88. The summed E-state index contributed by atoms with van der Waals surface area (Å²) in [6.45, 7) is 2.91. The fourth-order valence-corrected chi connectivity index (χ4v) is 1.88. The first-order valence-electron chi connectivity index (χ1n) is 5.72. The highest BCUT2D eigenvalue weighted by molar-refractivity contribution is 5.85. The van der Waals surface area contributed by atoms with Crippen LogP contribution in [0.3, 0.4) is 0 Å². The first kappa shape index (κ1) is 17.3. The van der Waals surface area contributed by atoms with E-state index >= 15 is 0 Å². The summed E-state index contributed by atoms with van der Waals surface area (Å²) in [5.41, 5.74) is 0. The maximum atomic E-state index is 5.70. The Morgan fingerprint density at radius 1 is 1.33 bits per heavy atom. The molecule has 1 aromatic rings. The van der Waals surface area contributed by atoms with Crippen LogP contribution >= 0.6 is 24.8 Å². The molecule has 2 heterocycles. The summed E-state index contributed by atoms with van der Waals surface area (Å²) in [7, 11) is 1.63. The van der Waals surface area contributed by atoms with Crippen LogP contribution < -0.4 is 14.8 Å². The molecular weight excluding hydrogens is 275 g/mol. The van der Waals surface area contributed by atoms with Gasteiger partial charge in [0.25, 0.3) is 5.88 Å². The standard InChI is InChI=1S/C12H18N2O2.2ClH/c1-15-11-3-2-6-14-12(11)16-9-10-4-7-13-8-5-10;;/h2-3,6,10,13H,4-5,7-9H2,1H3;2*1H. The number of pyridine rings is 1. The lowest BCUT2D eigenvalue weighted by Gasteiger charge is -2.22. The second-order valence-corrected chi connectivity index (χ2v) is 4.02. The van der Waals surface area contributed by atoms with Gasteiger partial charge >= 0.3 is 0 Å². The van der Waals surface area contributed by atoms with Crippen molar-refractivity contribution in [2.75, 3.05) is 26.8 Å². The molecule has 18 heavy (non-hydrogen) atoms. The van der Waals surface area contributed by atoms with E-state index in [0.29, 0.717) is 17.5 Å². The van der Waals surface area contributed by atoms with Crippen molar-refractivity contribution in [1.29, 1.82) is 0 Å². The molecule has 1 aromatic heterocycles. The van der Waals surface area contributed by atoms with Crippen LogP contribution in [0.5, 0.6) is 11.6 Å². The van der Waals surface area contributed by atoms with Gasteiger partial charge in [0.1, 0.15) is 0 Å². The van der Waals surface area contributed by atoms with E-state index in [2.05, 4.69) is 10.3 Å². The van der Waals surface area contributed by atoms with Crippen LogP contribution in [0.15, 0.2) is 18.3 Å². The molecule has 2 rings (SSSR count). The van der Waals surface area contributed by atoms with E-state index in [4.69, 9.17) is 9.47 Å². The zero-order valence-corrected chi connectivity index (χ0v) is 12.1. The molecule has 0 amide bonds. The maximum Gasteiger partial charge on any atom is 0.256 e. The lowest BCUT2D eigenvalue weighted by molar-refractivity contribution is 0.201. The normalized spacial score (nSPS) is 15.2. The summed E-state index contributed by atoms with van der Waals surface area (Å²) in [6, 6.07) is 3.71. The zero-order valence-electron chi connectivity index (χ0n) is 10.4. The molecule has 0 atom stereocenters. The van der Waals surface area contributed by atoms with E-state index in [9.17, 15) is 0 Å². The van der Waals surface area contributed by atoms with Gasteiger partial charge in [0.05, 0.1) is 13.7 Å². The minimum atomic E-state index is 0. The lowest BCUT2D eigenvalue weighted by atomic mass is 9.99. The molecule has 6 heteroatoms. The minimum absolute atomic E-state index is 0. The van der Waals surface area contributed by atoms with Crippen molar-refractivity contribution in [2.24, 2.45) is 5.92 Å². The monoisotopic (exact) mass is 294 g/mol. The van der Waals surface area contributed by atoms with E-state index in [1.54, 1.807) is 13.3 Å². The predicted octanol–water partition coefficient (Wildman–Crippen LogP) is 2.31. The van der Waals surface area contributed by atoms with Gasteiger partial charge in [0.15, 0.2) is 5.75 Å². The third-order valence-electron chi connectivity index (χ3n) is 2.87. The highest BCUT2D eigenvalue weighted by atomic mass is 35.5. The number of ether oxygens (including phenoxy) is 2. The fourth-order valence-electron chi connectivity index (χ4n) is 1.88. The molecule has 0 spiro atoms. The number of hydrogen-bond donors (Lipinski definition) is 1. The van der Waals surface area contributed by atoms with E-state index < -0.39 is 0 Å². The van der Waals surface area contributed by atoms with Gasteiger partial charge in [0, 0.05) is 6.20 Å². The Morgan fingerprint density at radius 3 is 2.72 bits per heavy atom. The molecule has 0 radical (unpaired) electrons. The van der Waals surface area contributed by atoms with Crippen LogP contribution in [-0.4, -0.2) is 31.8 Å². The number of methoxy groups -OCH3 is 1. The first-order chi connectivity index (χ1) is 7.90. The number of nitrogens with zero attached hydrogens (tertiary/aromatic N) is 1. The second kappa shape index (κ2) is 9.25. The highest BCUT2D eigenvalue weighted by Crippen LogP contribution is 2.24. The fraction of sp³-hybridized carbons (Fsp3) is 0.583. The molecule has 104 valence electrons. The van der Waals surface area contributed by atoms with Crippen LogP contribution in [0.4, 0.5) is 0 Å². The maximum absolute atomic E-state index is 5.70. The van der Waals surface area contributed by atoms with Gasteiger partial charge in [-0.15, -0.1) is 24.8 Å². The van der Waals surface area contributed by atoms with E-state index in [0.717, 1.165) is 19.7 Å². The average molecular weight is 295 g/mol. The molecule has 1 N–H and O–H groups in total. The smallest absolute Gasteiger partial charge is 0.256 e. The molecule has 4 nitrogen and oxygen atoms in total. The quantitative estimate of drug-likeness (QED) is 0.925. The van der Waals surface area contributed by atoms with Crippen LogP contribution in [0.25, 0.3) is 0 Å². The van der Waals surface area contributed by atoms with Crippen LogP contribution in [0.1, 0.15) is 12.8 Å². The number of aromatic nitrogens is 1. The topological polar surface area (TPSA) is 43.4 Å². The van der Waals surface area contributed by atoms with Gasteiger partial charge in [-0.25, -0.2) is 4.98 Å². The van der Waals surface area contributed by atoms with Gasteiger partial charge < -0.3 is 14.8 Å². The molecule has 0 aromatic carbocycles. The van der Waals surface area contributed by atoms with Crippen LogP contribution in [-0.2, 0) is 0 Å². The van der Waals surface area contributed by atoms with E-state index in [-0.39, 0.29) is 24.8 Å². The number of piperidine rings is 1. The molecule has 1 aliphatic heterocycles. The lowest BCUT2D eigenvalue weighted by Crippen LogP contribution is -2.30. The van der Waals surface area contributed by atoms with Crippen molar-refractivity contribution in [3.8, 4) is 11.6 Å². The summed E-state index contributed by atoms with van der Waals surface area (Å²) in [5.74, 6) is 1.94. The van der Waals surface area contributed by atoms with E-state index in [1.165, 1.54) is 12.8 Å². The Kier molecular flexibility index (Phi) is 8.89. The predicted molar refractivity (Wildman–Crippen MR) is 76.4 cm³/mol. The molecule has 1 saturated heterocycles. The van der Waals surface area contributed by atoms with Crippen molar-refractivity contribution in [1.82, 2.24) is 10.3 Å². The molecular formula is C12H20Cl2N2O2. The van der Waals surface area contributed by atoms with Gasteiger partial charge in [-0.2, -0.15) is 0 Å². The number of nitrogens with one attached hydrogen (secondary N) is 1. The third-order valence-corrected chi connectivity index (χ3v) is 2.87. The van der Waals surface area contributed by atoms with Crippen molar-refractivity contribution < 1.29 is 9.47 Å².